The highest BCUT2D eigenvalue weighted by atomic mass is 15.2. The first kappa shape index (κ1) is 20.8. The molecule has 1 aliphatic heterocycles. The zero-order valence-electron chi connectivity index (χ0n) is 17.5. The van der Waals surface area contributed by atoms with Crippen molar-refractivity contribution in [1.29, 1.82) is 0 Å². The molecule has 1 fully saturated rings. The Bertz CT molecular complexity index is 1230. The fraction of sp³-hybridized carbons (Fsp3) is 0.261. The van der Waals surface area contributed by atoms with E-state index >= 15 is 0 Å². The van der Waals surface area contributed by atoms with Crippen molar-refractivity contribution in [2.75, 3.05) is 13.1 Å². The largest absolute Gasteiger partial charge is 0.380 e. The zero-order chi connectivity index (χ0) is 20.5. The molecule has 1 aromatic carbocycles. The van der Waals surface area contributed by atoms with Gasteiger partial charge in [-0.05, 0) is 49.2 Å². The molecule has 31 heavy (non-hydrogen) atoms. The van der Waals surface area contributed by atoms with Crippen LogP contribution in [0.2, 0.25) is 0 Å². The number of aromatic amines is 1. The van der Waals surface area contributed by atoms with E-state index in [9.17, 15) is 0 Å². The molecule has 8 N–H and O–H groups in total. The van der Waals surface area contributed by atoms with Gasteiger partial charge in [-0.3, -0.25) is 9.88 Å². The van der Waals surface area contributed by atoms with E-state index in [-0.39, 0.29) is 14.8 Å². The summed E-state index contributed by atoms with van der Waals surface area (Å²) in [5, 5.41) is 5.57. The van der Waals surface area contributed by atoms with Crippen LogP contribution in [0.5, 0.6) is 0 Å². The number of fused-ring (bicyclic) bond motifs is 3. The van der Waals surface area contributed by atoms with Gasteiger partial charge in [0.05, 0.1) is 11.7 Å². The Hall–Kier alpha value is -3.49. The molecule has 8 nitrogen and oxygen atoms in total. The van der Waals surface area contributed by atoms with Crippen LogP contribution in [0.15, 0.2) is 53.9 Å². The van der Waals surface area contributed by atoms with E-state index in [1.54, 1.807) is 6.20 Å². The van der Waals surface area contributed by atoms with Crippen LogP contribution in [0.3, 0.4) is 0 Å². The van der Waals surface area contributed by atoms with Crippen molar-refractivity contribution in [1.82, 2.24) is 26.0 Å². The number of nitrogens with one attached hydrogen (secondary N) is 1. The molecule has 8 heteroatoms. The van der Waals surface area contributed by atoms with Crippen LogP contribution in [-0.2, 0) is 6.54 Å². The number of aromatic nitrogens is 3. The minimum Gasteiger partial charge on any atom is -0.380 e. The molecule has 164 valence electrons. The number of pyridine rings is 2. The molecule has 0 radical (unpaired) electrons. The first-order chi connectivity index (χ1) is 14.7. The maximum absolute atomic E-state index is 5.83. The second kappa shape index (κ2) is 8.71. The lowest BCUT2D eigenvalue weighted by molar-refractivity contribution is 0.221. The second-order valence-electron chi connectivity index (χ2n) is 7.91. The Labute approximate surface area is 183 Å². The average Bonchev–Trinajstić information content (AvgIpc) is 3.17. The van der Waals surface area contributed by atoms with Crippen molar-refractivity contribution in [3.63, 3.8) is 0 Å². The highest BCUT2D eigenvalue weighted by molar-refractivity contribution is 6.09. The van der Waals surface area contributed by atoms with Gasteiger partial charge in [0.2, 0.25) is 0 Å². The molecule has 0 aliphatic carbocycles. The topological polar surface area (TPSA) is 144 Å². The van der Waals surface area contributed by atoms with Gasteiger partial charge in [0.15, 0.2) is 5.84 Å². The van der Waals surface area contributed by atoms with Gasteiger partial charge in [0, 0.05) is 31.9 Å². The summed E-state index contributed by atoms with van der Waals surface area (Å²) in [4.78, 5) is 14.8. The molecule has 0 bridgehead atoms. The Kier molecular flexibility index (Phi) is 5.83. The van der Waals surface area contributed by atoms with E-state index < -0.39 is 0 Å². The third kappa shape index (κ3) is 4.08. The van der Waals surface area contributed by atoms with Crippen LogP contribution in [-0.4, -0.2) is 38.8 Å². The Morgan fingerprint density at radius 3 is 2.52 bits per heavy atom. The van der Waals surface area contributed by atoms with E-state index in [0.717, 1.165) is 39.6 Å². The van der Waals surface area contributed by atoms with Crippen LogP contribution in [0.4, 0.5) is 0 Å². The van der Waals surface area contributed by atoms with Crippen LogP contribution >= 0.6 is 0 Å². The van der Waals surface area contributed by atoms with Crippen molar-refractivity contribution >= 4 is 27.8 Å². The van der Waals surface area contributed by atoms with Gasteiger partial charge in [0.1, 0.15) is 11.3 Å². The fourth-order valence-corrected chi connectivity index (χ4v) is 4.22. The monoisotopic (exact) mass is 420 g/mol. The molecule has 3 aromatic heterocycles. The predicted molar refractivity (Wildman–Crippen MR) is 130 cm³/mol. The fourth-order valence-electron chi connectivity index (χ4n) is 4.22. The lowest BCUT2D eigenvalue weighted by atomic mass is 10.0. The van der Waals surface area contributed by atoms with Gasteiger partial charge in [-0.1, -0.05) is 30.7 Å². The number of nitrogens with zero attached hydrogens (tertiary/aromatic N) is 4. The van der Waals surface area contributed by atoms with Gasteiger partial charge in [0.25, 0.3) is 0 Å². The van der Waals surface area contributed by atoms with Gasteiger partial charge in [-0.25, -0.2) is 4.98 Å². The van der Waals surface area contributed by atoms with Crippen LogP contribution < -0.4 is 17.7 Å². The normalized spacial score (nSPS) is 15.3. The van der Waals surface area contributed by atoms with Gasteiger partial charge >= 0.3 is 0 Å². The van der Waals surface area contributed by atoms with Gasteiger partial charge in [-0.15, -0.1) is 0 Å². The van der Waals surface area contributed by atoms with Crippen LogP contribution in [0.1, 0.15) is 33.4 Å². The van der Waals surface area contributed by atoms with Crippen LogP contribution in [0, 0.1) is 0 Å². The summed E-state index contributed by atoms with van der Waals surface area (Å²) < 4.78 is 0. The smallest absolute Gasteiger partial charge is 0.168 e. The molecule has 0 spiro atoms. The molecule has 0 amide bonds. The summed E-state index contributed by atoms with van der Waals surface area (Å²) in [5.41, 5.74) is 11.7. The lowest BCUT2D eigenvalue weighted by Crippen LogP contribution is -2.28. The minimum absolute atomic E-state index is 0. The average molecular weight is 421 g/mol. The molecule has 4 heterocycles. The number of nitrogens with two attached hydrogens (primary N) is 2. The van der Waals surface area contributed by atoms with Gasteiger partial charge < -0.3 is 22.7 Å². The number of H-pyrrole nitrogens is 1. The van der Waals surface area contributed by atoms with Crippen molar-refractivity contribution in [3.8, 4) is 11.1 Å². The maximum atomic E-state index is 5.83. The molecule has 0 unspecified atom stereocenters. The van der Waals surface area contributed by atoms with E-state index in [1.807, 2.05) is 12.3 Å². The third-order valence-electron chi connectivity index (χ3n) is 5.88. The summed E-state index contributed by atoms with van der Waals surface area (Å²) in [7, 11) is 0. The maximum Gasteiger partial charge on any atom is 0.168 e. The number of hydrogen-bond acceptors (Lipinski definition) is 6. The molecular weight excluding hydrogens is 388 g/mol. The summed E-state index contributed by atoms with van der Waals surface area (Å²) in [6.07, 6.45) is 7.63. The minimum atomic E-state index is 0. The summed E-state index contributed by atoms with van der Waals surface area (Å²) in [5.74, 6) is 5.52. The van der Waals surface area contributed by atoms with E-state index in [4.69, 9.17) is 11.6 Å². The highest BCUT2D eigenvalue weighted by Crippen LogP contribution is 2.29. The highest BCUT2D eigenvalue weighted by Gasteiger charge is 2.12. The number of amidine groups is 1. The Balaban J connectivity index is 0.00000128. The van der Waals surface area contributed by atoms with E-state index in [0.29, 0.717) is 5.69 Å². The second-order valence-corrected chi connectivity index (χ2v) is 7.91. The third-order valence-corrected chi connectivity index (χ3v) is 5.88. The van der Waals surface area contributed by atoms with Crippen molar-refractivity contribution < 1.29 is 2.85 Å². The number of benzene rings is 1. The quantitative estimate of drug-likeness (QED) is 0.170. The summed E-state index contributed by atoms with van der Waals surface area (Å²) in [6.45, 7) is 3.44. The van der Waals surface area contributed by atoms with Gasteiger partial charge in [-0.2, -0.15) is 5.10 Å². The predicted octanol–water partition coefficient (Wildman–Crippen LogP) is 4.00. The standard InChI is InChI=1S/C23H25N7.H3N.2H2/c24-22(29-25)20-11-18-19-10-17(12-27-23(19)28-21(18)13-26-20)16-6-4-15(5-7-16)14-30-8-2-1-3-9-30;;;/h4-7,10-13H,1-3,8-9,14,25H2,(H2,24,29)(H,27,28);1H3;2*1H. The summed E-state index contributed by atoms with van der Waals surface area (Å²) in [6, 6.07) is 12.9. The molecule has 1 saturated heterocycles. The van der Waals surface area contributed by atoms with Crippen LogP contribution in [0.25, 0.3) is 33.1 Å². The molecule has 5 rings (SSSR count). The number of piperidine rings is 1. The van der Waals surface area contributed by atoms with E-state index in [2.05, 4.69) is 55.3 Å². The number of rotatable bonds is 4. The zero-order valence-corrected chi connectivity index (χ0v) is 17.5. The Morgan fingerprint density at radius 1 is 1.00 bits per heavy atom. The first-order valence-corrected chi connectivity index (χ1v) is 10.3. The molecule has 4 aromatic rings. The molecular formula is C23H32N8. The van der Waals surface area contributed by atoms with Crippen molar-refractivity contribution in [3.05, 3.63) is 60.0 Å². The van der Waals surface area contributed by atoms with Crippen molar-refractivity contribution in [2.24, 2.45) is 16.7 Å². The number of likely N-dealkylation sites (tertiary alicyclic amines) is 1. The van der Waals surface area contributed by atoms with E-state index in [1.165, 1.54) is 37.9 Å². The first-order valence-electron chi connectivity index (χ1n) is 10.3. The number of hydrogen-bond donors (Lipinski definition) is 4. The lowest BCUT2D eigenvalue weighted by Gasteiger charge is -2.26. The Morgan fingerprint density at radius 2 is 1.77 bits per heavy atom. The summed E-state index contributed by atoms with van der Waals surface area (Å²) >= 11 is 0. The SMILES string of the molecule is N.N/N=C(\N)c1cc2c(cn1)[nH]c1ncc(-c3ccc(CN4CCCCC4)cc3)cc12.[HH].[HH]. The molecule has 1 aliphatic rings. The van der Waals surface area contributed by atoms with Crippen molar-refractivity contribution in [2.45, 2.75) is 25.8 Å². The molecule has 0 atom stereocenters. The molecule has 0 saturated carbocycles. The number of hydrazone groups is 1.